The zero-order valence-corrected chi connectivity index (χ0v) is 14.8. The number of hydrogen-bond acceptors (Lipinski definition) is 4. The third-order valence-electron chi connectivity index (χ3n) is 4.12. The fraction of sp³-hybridized carbons (Fsp3) is 0.278. The fourth-order valence-electron chi connectivity index (χ4n) is 2.71. The van der Waals surface area contributed by atoms with Crippen LogP contribution in [0.2, 0.25) is 5.02 Å². The number of rotatable bonds is 5. The first kappa shape index (κ1) is 16.6. The minimum absolute atomic E-state index is 0.181. The van der Waals surface area contributed by atoms with Gasteiger partial charge in [0, 0.05) is 48.2 Å². The topological polar surface area (TPSA) is 46.8 Å². The average Bonchev–Trinajstić information content (AvgIpc) is 2.95. The number of nitrogens with zero attached hydrogens (tertiary/aromatic N) is 5. The molecule has 0 bridgehead atoms. The molecule has 0 aliphatic carbocycles. The van der Waals surface area contributed by atoms with Crippen molar-refractivity contribution in [2.45, 2.75) is 19.5 Å². The van der Waals surface area contributed by atoms with Gasteiger partial charge in [0.1, 0.15) is 6.33 Å². The second kappa shape index (κ2) is 7.11. The lowest BCUT2D eigenvalue weighted by Crippen LogP contribution is -2.22. The van der Waals surface area contributed by atoms with E-state index in [4.69, 9.17) is 11.6 Å². The Morgan fingerprint density at radius 1 is 1.29 bits per heavy atom. The van der Waals surface area contributed by atoms with Gasteiger partial charge in [0.15, 0.2) is 0 Å². The summed E-state index contributed by atoms with van der Waals surface area (Å²) in [5, 5.41) is 5.33. The minimum Gasteiger partial charge on any atom is -0.294 e. The number of benzene rings is 1. The van der Waals surface area contributed by atoms with Gasteiger partial charge in [-0.2, -0.15) is 5.10 Å². The smallest absolute Gasteiger partial charge is 0.115 e. The molecular formula is C18H20ClN5. The van der Waals surface area contributed by atoms with E-state index in [1.807, 2.05) is 42.1 Å². The van der Waals surface area contributed by atoms with E-state index in [1.54, 1.807) is 12.5 Å². The van der Waals surface area contributed by atoms with Crippen molar-refractivity contribution in [2.75, 3.05) is 7.05 Å². The lowest BCUT2D eigenvalue weighted by Gasteiger charge is -2.24. The summed E-state index contributed by atoms with van der Waals surface area (Å²) < 4.78 is 1.84. The van der Waals surface area contributed by atoms with Gasteiger partial charge in [-0.15, -0.1) is 0 Å². The van der Waals surface area contributed by atoms with Crippen molar-refractivity contribution in [3.63, 3.8) is 0 Å². The lowest BCUT2D eigenvalue weighted by atomic mass is 10.1. The van der Waals surface area contributed by atoms with E-state index < -0.39 is 0 Å². The molecule has 6 heteroatoms. The van der Waals surface area contributed by atoms with E-state index in [2.05, 4.69) is 40.1 Å². The standard InChI is InChI=1S/C18H20ClN5/c1-13(17-7-8-20-12-21-17)23(2)10-15-11-24(3)22-18(15)14-5-4-6-16(19)9-14/h4-9,11-13H,10H2,1-3H3. The van der Waals surface area contributed by atoms with Crippen LogP contribution in [0.4, 0.5) is 0 Å². The highest BCUT2D eigenvalue weighted by Gasteiger charge is 2.17. The van der Waals surface area contributed by atoms with Gasteiger partial charge in [-0.05, 0) is 32.2 Å². The molecule has 0 aliphatic heterocycles. The Labute approximate surface area is 146 Å². The molecule has 0 spiro atoms. The lowest BCUT2D eigenvalue weighted by molar-refractivity contribution is 0.248. The molecule has 1 unspecified atom stereocenters. The van der Waals surface area contributed by atoms with Crippen molar-refractivity contribution in [2.24, 2.45) is 7.05 Å². The maximum Gasteiger partial charge on any atom is 0.115 e. The van der Waals surface area contributed by atoms with Crippen molar-refractivity contribution < 1.29 is 0 Å². The molecule has 2 heterocycles. The summed E-state index contributed by atoms with van der Waals surface area (Å²) in [6, 6.07) is 9.93. The number of aromatic nitrogens is 4. The second-order valence-corrected chi connectivity index (χ2v) is 6.35. The molecular weight excluding hydrogens is 322 g/mol. The molecule has 5 nitrogen and oxygen atoms in total. The van der Waals surface area contributed by atoms with Gasteiger partial charge in [0.25, 0.3) is 0 Å². The SMILES string of the molecule is CC(c1ccncn1)N(C)Cc1cn(C)nc1-c1cccc(Cl)c1. The summed E-state index contributed by atoms with van der Waals surface area (Å²) in [6.45, 7) is 2.90. The molecule has 0 saturated heterocycles. The van der Waals surface area contributed by atoms with Crippen LogP contribution in [0.25, 0.3) is 11.3 Å². The van der Waals surface area contributed by atoms with E-state index in [1.165, 1.54) is 0 Å². The first-order chi connectivity index (χ1) is 11.5. The van der Waals surface area contributed by atoms with Gasteiger partial charge in [-0.3, -0.25) is 9.58 Å². The van der Waals surface area contributed by atoms with Crippen LogP contribution in [0, 0.1) is 0 Å². The zero-order chi connectivity index (χ0) is 17.1. The van der Waals surface area contributed by atoms with E-state index in [9.17, 15) is 0 Å². The van der Waals surface area contributed by atoms with Gasteiger partial charge in [-0.1, -0.05) is 23.7 Å². The highest BCUT2D eigenvalue weighted by molar-refractivity contribution is 6.30. The molecule has 0 fully saturated rings. The molecule has 0 N–H and O–H groups in total. The van der Waals surface area contributed by atoms with E-state index in [0.717, 1.165) is 29.1 Å². The van der Waals surface area contributed by atoms with Crippen LogP contribution in [0.5, 0.6) is 0 Å². The first-order valence-electron chi connectivity index (χ1n) is 7.79. The van der Waals surface area contributed by atoms with Crippen LogP contribution in [-0.2, 0) is 13.6 Å². The molecule has 1 aromatic carbocycles. The van der Waals surface area contributed by atoms with Crippen molar-refractivity contribution in [1.82, 2.24) is 24.6 Å². The van der Waals surface area contributed by atoms with Crippen LogP contribution >= 0.6 is 11.6 Å². The van der Waals surface area contributed by atoms with Crippen LogP contribution < -0.4 is 0 Å². The summed E-state index contributed by atoms with van der Waals surface area (Å²) in [4.78, 5) is 10.6. The first-order valence-corrected chi connectivity index (χ1v) is 8.17. The Balaban J connectivity index is 1.85. The van der Waals surface area contributed by atoms with Crippen LogP contribution in [-0.4, -0.2) is 31.7 Å². The maximum absolute atomic E-state index is 6.13. The molecule has 3 rings (SSSR count). The summed E-state index contributed by atoms with van der Waals surface area (Å²) >= 11 is 6.13. The zero-order valence-electron chi connectivity index (χ0n) is 14.0. The predicted octanol–water partition coefficient (Wildman–Crippen LogP) is 3.72. The molecule has 0 radical (unpaired) electrons. The predicted molar refractivity (Wildman–Crippen MR) is 95.6 cm³/mol. The molecule has 1 atom stereocenters. The van der Waals surface area contributed by atoms with Gasteiger partial charge in [0.2, 0.25) is 0 Å². The average molecular weight is 342 g/mol. The molecule has 124 valence electrons. The number of halogens is 1. The Kier molecular flexibility index (Phi) is 4.92. The van der Waals surface area contributed by atoms with E-state index >= 15 is 0 Å². The van der Waals surface area contributed by atoms with Gasteiger partial charge >= 0.3 is 0 Å². The third-order valence-corrected chi connectivity index (χ3v) is 4.35. The molecule has 24 heavy (non-hydrogen) atoms. The maximum atomic E-state index is 6.13. The third kappa shape index (κ3) is 3.63. The molecule has 3 aromatic rings. The highest BCUT2D eigenvalue weighted by Crippen LogP contribution is 2.27. The summed E-state index contributed by atoms with van der Waals surface area (Å²) in [5.41, 5.74) is 4.15. The largest absolute Gasteiger partial charge is 0.294 e. The highest BCUT2D eigenvalue weighted by atomic mass is 35.5. The molecule has 0 amide bonds. The summed E-state index contributed by atoms with van der Waals surface area (Å²) in [6.07, 6.45) is 5.41. The fourth-order valence-corrected chi connectivity index (χ4v) is 2.90. The Bertz CT molecular complexity index is 815. The Morgan fingerprint density at radius 3 is 2.83 bits per heavy atom. The van der Waals surface area contributed by atoms with Gasteiger partial charge in [0.05, 0.1) is 11.4 Å². The van der Waals surface area contributed by atoms with E-state index in [0.29, 0.717) is 5.02 Å². The molecule has 0 saturated carbocycles. The number of aryl methyl sites for hydroxylation is 1. The van der Waals surface area contributed by atoms with E-state index in [-0.39, 0.29) is 6.04 Å². The normalized spacial score (nSPS) is 12.5. The van der Waals surface area contributed by atoms with Crippen molar-refractivity contribution in [3.05, 3.63) is 65.3 Å². The van der Waals surface area contributed by atoms with Gasteiger partial charge in [-0.25, -0.2) is 9.97 Å². The van der Waals surface area contributed by atoms with Crippen molar-refractivity contribution in [1.29, 1.82) is 0 Å². The Hall–Kier alpha value is -2.24. The van der Waals surface area contributed by atoms with Crippen molar-refractivity contribution >= 4 is 11.6 Å². The molecule has 0 aliphatic rings. The van der Waals surface area contributed by atoms with Gasteiger partial charge < -0.3 is 0 Å². The molecule has 2 aromatic heterocycles. The van der Waals surface area contributed by atoms with Crippen LogP contribution in [0.3, 0.4) is 0 Å². The van der Waals surface area contributed by atoms with Crippen molar-refractivity contribution in [3.8, 4) is 11.3 Å². The minimum atomic E-state index is 0.181. The monoisotopic (exact) mass is 341 g/mol. The summed E-state index contributed by atoms with van der Waals surface area (Å²) in [7, 11) is 4.02. The number of hydrogen-bond donors (Lipinski definition) is 0. The quantitative estimate of drug-likeness (QED) is 0.709. The van der Waals surface area contributed by atoms with Crippen LogP contribution in [0.15, 0.2) is 49.1 Å². The second-order valence-electron chi connectivity index (χ2n) is 5.91. The van der Waals surface area contributed by atoms with Crippen LogP contribution in [0.1, 0.15) is 24.2 Å². The Morgan fingerprint density at radius 2 is 2.12 bits per heavy atom. The summed E-state index contributed by atoms with van der Waals surface area (Å²) in [5.74, 6) is 0.